The first-order valence-corrected chi connectivity index (χ1v) is 7.78. The zero-order valence-corrected chi connectivity index (χ0v) is 14.3. The number of ether oxygens (including phenoxy) is 3. The minimum atomic E-state index is -0.244. The third-order valence-corrected chi connectivity index (χ3v) is 4.46. The van der Waals surface area contributed by atoms with Crippen LogP contribution in [0.25, 0.3) is 0 Å². The number of benzene rings is 2. The maximum absolute atomic E-state index is 12.5. The second kappa shape index (κ2) is 6.43. The summed E-state index contributed by atoms with van der Waals surface area (Å²) >= 11 is 0. The van der Waals surface area contributed by atoms with E-state index in [4.69, 9.17) is 14.2 Å². The van der Waals surface area contributed by atoms with Gasteiger partial charge in [0.2, 0.25) is 5.91 Å². The number of para-hydroxylation sites is 1. The van der Waals surface area contributed by atoms with E-state index in [1.807, 2.05) is 31.2 Å². The lowest BCUT2D eigenvalue weighted by Crippen LogP contribution is -2.15. The van der Waals surface area contributed by atoms with E-state index in [1.54, 1.807) is 27.4 Å². The number of aryl methyl sites for hydroxylation is 1. The molecule has 0 saturated heterocycles. The number of methoxy groups -OCH3 is 3. The van der Waals surface area contributed by atoms with Crippen molar-refractivity contribution in [3.8, 4) is 17.2 Å². The molecule has 1 amide bonds. The molecule has 1 heterocycles. The summed E-state index contributed by atoms with van der Waals surface area (Å²) in [6.07, 6.45) is 0.534. The molecule has 0 bridgehead atoms. The molecule has 0 aromatic heterocycles. The lowest BCUT2D eigenvalue weighted by atomic mass is 9.91. The normalized spacial score (nSPS) is 15.7. The molecule has 126 valence electrons. The van der Waals surface area contributed by atoms with Gasteiger partial charge in [0.05, 0.1) is 27.2 Å². The van der Waals surface area contributed by atoms with E-state index in [2.05, 4.69) is 5.32 Å². The van der Waals surface area contributed by atoms with Gasteiger partial charge < -0.3 is 19.5 Å². The fourth-order valence-corrected chi connectivity index (χ4v) is 3.18. The zero-order valence-electron chi connectivity index (χ0n) is 14.3. The van der Waals surface area contributed by atoms with Crippen LogP contribution in [-0.4, -0.2) is 27.2 Å². The largest absolute Gasteiger partial charge is 0.496 e. The van der Waals surface area contributed by atoms with Crippen LogP contribution in [0, 0.1) is 6.92 Å². The summed E-state index contributed by atoms with van der Waals surface area (Å²) in [4.78, 5) is 12.5. The van der Waals surface area contributed by atoms with Crippen molar-refractivity contribution in [1.29, 1.82) is 0 Å². The average molecular weight is 327 g/mol. The summed E-state index contributed by atoms with van der Waals surface area (Å²) in [6.45, 7) is 2.00. The highest BCUT2D eigenvalue weighted by molar-refractivity contribution is 6.03. The summed E-state index contributed by atoms with van der Waals surface area (Å²) in [7, 11) is 4.78. The Hall–Kier alpha value is -2.69. The molecule has 0 fully saturated rings. The van der Waals surface area contributed by atoms with Crippen molar-refractivity contribution in [2.75, 3.05) is 26.6 Å². The number of anilines is 1. The minimum absolute atomic E-state index is 0.0103. The van der Waals surface area contributed by atoms with Crippen LogP contribution in [-0.2, 0) is 11.2 Å². The first-order valence-electron chi connectivity index (χ1n) is 7.78. The summed E-state index contributed by atoms with van der Waals surface area (Å²) in [6, 6.07) is 9.64. The monoisotopic (exact) mass is 327 g/mol. The molecule has 1 aliphatic heterocycles. The standard InChI is InChI=1S/C19H21NO4/c1-11-6-5-7-13-14(19(21)20-18(11)13)8-12-9-16(23-3)17(24-4)10-15(12)22-2/h5-7,9-10,14H,8H2,1-4H3,(H,20,21)/t14-/m0/s1. The van der Waals surface area contributed by atoms with Crippen LogP contribution in [0.4, 0.5) is 5.69 Å². The van der Waals surface area contributed by atoms with Gasteiger partial charge in [-0.15, -0.1) is 0 Å². The fraction of sp³-hybridized carbons (Fsp3) is 0.316. The molecule has 2 aromatic carbocycles. The van der Waals surface area contributed by atoms with Crippen LogP contribution in [0.15, 0.2) is 30.3 Å². The highest BCUT2D eigenvalue weighted by Gasteiger charge is 2.32. The van der Waals surface area contributed by atoms with Gasteiger partial charge >= 0.3 is 0 Å². The minimum Gasteiger partial charge on any atom is -0.496 e. The second-order valence-electron chi connectivity index (χ2n) is 5.80. The van der Waals surface area contributed by atoms with Gasteiger partial charge in [-0.2, -0.15) is 0 Å². The van der Waals surface area contributed by atoms with Gasteiger partial charge in [-0.1, -0.05) is 18.2 Å². The Balaban J connectivity index is 2.00. The second-order valence-corrected chi connectivity index (χ2v) is 5.80. The molecule has 2 aromatic rings. The highest BCUT2D eigenvalue weighted by atomic mass is 16.5. The van der Waals surface area contributed by atoms with Crippen molar-refractivity contribution in [3.63, 3.8) is 0 Å². The van der Waals surface area contributed by atoms with Gasteiger partial charge in [0.25, 0.3) is 0 Å². The molecule has 0 saturated carbocycles. The number of amides is 1. The molecular formula is C19H21NO4. The Morgan fingerprint density at radius 1 is 1.00 bits per heavy atom. The molecule has 0 aliphatic carbocycles. The van der Waals surface area contributed by atoms with Gasteiger partial charge in [-0.05, 0) is 36.1 Å². The van der Waals surface area contributed by atoms with Crippen molar-refractivity contribution in [2.24, 2.45) is 0 Å². The molecule has 3 rings (SSSR count). The Morgan fingerprint density at radius 2 is 1.67 bits per heavy atom. The quantitative estimate of drug-likeness (QED) is 0.915. The van der Waals surface area contributed by atoms with Crippen molar-refractivity contribution >= 4 is 11.6 Å². The Morgan fingerprint density at radius 3 is 2.33 bits per heavy atom. The van der Waals surface area contributed by atoms with E-state index in [0.717, 1.165) is 22.4 Å². The third kappa shape index (κ3) is 2.66. The number of nitrogens with one attached hydrogen (secondary N) is 1. The van der Waals surface area contributed by atoms with Crippen molar-refractivity contribution in [3.05, 3.63) is 47.0 Å². The number of carbonyl (C=O) groups excluding carboxylic acids is 1. The lowest BCUT2D eigenvalue weighted by Gasteiger charge is -2.16. The van der Waals surface area contributed by atoms with Crippen LogP contribution in [0.1, 0.15) is 22.6 Å². The summed E-state index contributed by atoms with van der Waals surface area (Å²) < 4.78 is 16.2. The first-order chi connectivity index (χ1) is 11.6. The van der Waals surface area contributed by atoms with Gasteiger partial charge in [0.15, 0.2) is 11.5 Å². The Labute approximate surface area is 141 Å². The molecule has 5 nitrogen and oxygen atoms in total. The SMILES string of the molecule is COc1cc(OC)c(OC)cc1C[C@@H]1C(=O)Nc2c(C)cccc21. The molecule has 0 unspecified atom stereocenters. The van der Waals surface area contributed by atoms with E-state index in [1.165, 1.54) is 0 Å². The van der Waals surface area contributed by atoms with Crippen LogP contribution in [0.5, 0.6) is 17.2 Å². The topological polar surface area (TPSA) is 56.8 Å². The molecule has 0 radical (unpaired) electrons. The average Bonchev–Trinajstić information content (AvgIpc) is 2.92. The van der Waals surface area contributed by atoms with E-state index in [-0.39, 0.29) is 11.8 Å². The number of carbonyl (C=O) groups is 1. The summed E-state index contributed by atoms with van der Waals surface area (Å²) in [5, 5.41) is 2.99. The Kier molecular flexibility index (Phi) is 4.34. The van der Waals surface area contributed by atoms with Crippen LogP contribution in [0.2, 0.25) is 0 Å². The van der Waals surface area contributed by atoms with Gasteiger partial charge in [-0.25, -0.2) is 0 Å². The van der Waals surface area contributed by atoms with Gasteiger partial charge in [0.1, 0.15) is 5.75 Å². The zero-order chi connectivity index (χ0) is 17.3. The van der Waals surface area contributed by atoms with E-state index >= 15 is 0 Å². The van der Waals surface area contributed by atoms with Crippen LogP contribution < -0.4 is 19.5 Å². The third-order valence-electron chi connectivity index (χ3n) is 4.46. The fourth-order valence-electron chi connectivity index (χ4n) is 3.18. The number of rotatable bonds is 5. The predicted octanol–water partition coefficient (Wildman–Crippen LogP) is 3.30. The summed E-state index contributed by atoms with van der Waals surface area (Å²) in [5.74, 6) is 1.67. The van der Waals surface area contributed by atoms with Crippen molar-refractivity contribution < 1.29 is 19.0 Å². The van der Waals surface area contributed by atoms with E-state index in [9.17, 15) is 4.79 Å². The smallest absolute Gasteiger partial charge is 0.232 e. The molecule has 24 heavy (non-hydrogen) atoms. The summed E-state index contributed by atoms with van der Waals surface area (Å²) in [5.41, 5.74) is 3.93. The first kappa shape index (κ1) is 16.2. The molecule has 5 heteroatoms. The number of fused-ring (bicyclic) bond motifs is 1. The molecular weight excluding hydrogens is 306 g/mol. The molecule has 1 atom stereocenters. The number of hydrogen-bond acceptors (Lipinski definition) is 4. The highest BCUT2D eigenvalue weighted by Crippen LogP contribution is 2.41. The van der Waals surface area contributed by atoms with Gasteiger partial charge in [0, 0.05) is 11.8 Å². The van der Waals surface area contributed by atoms with E-state index < -0.39 is 0 Å². The number of hydrogen-bond donors (Lipinski definition) is 1. The molecule has 1 N–H and O–H groups in total. The maximum atomic E-state index is 12.5. The maximum Gasteiger partial charge on any atom is 0.232 e. The van der Waals surface area contributed by atoms with Gasteiger partial charge in [-0.3, -0.25) is 4.79 Å². The van der Waals surface area contributed by atoms with Crippen LogP contribution in [0.3, 0.4) is 0 Å². The molecule has 0 spiro atoms. The van der Waals surface area contributed by atoms with Crippen molar-refractivity contribution in [1.82, 2.24) is 0 Å². The van der Waals surface area contributed by atoms with Crippen LogP contribution >= 0.6 is 0 Å². The predicted molar refractivity (Wildman–Crippen MR) is 92.4 cm³/mol. The van der Waals surface area contributed by atoms with E-state index in [0.29, 0.717) is 23.7 Å². The molecule has 1 aliphatic rings. The van der Waals surface area contributed by atoms with Crippen molar-refractivity contribution in [2.45, 2.75) is 19.3 Å². The lowest BCUT2D eigenvalue weighted by molar-refractivity contribution is -0.117. The Bertz CT molecular complexity index is 785.